The number of carbonyl (C=O) groups is 4. The number of alkyl carbamates (subject to hydrolysis) is 4. The minimum absolute atomic E-state index is 0.192. The normalized spacial score (nSPS) is 13.7. The Morgan fingerprint density at radius 3 is 0.755 bits per heavy atom. The number of hydrogen-bond acceptors (Lipinski definition) is 8. The molecular weight excluding hydrogens is 1170 g/mol. The molecule has 1 aliphatic rings. The van der Waals surface area contributed by atoms with Crippen LogP contribution in [0, 0.1) is 94.7 Å². The number of rotatable bonds is 46. The van der Waals surface area contributed by atoms with Crippen molar-refractivity contribution >= 4 is 24.4 Å². The molecule has 2 aromatic rings. The molecule has 1 aliphatic carbocycles. The summed E-state index contributed by atoms with van der Waals surface area (Å²) in [5, 5.41) is 11.1. The van der Waals surface area contributed by atoms with E-state index in [1.165, 1.54) is 191 Å². The van der Waals surface area contributed by atoms with Crippen molar-refractivity contribution in [1.82, 2.24) is 21.3 Å². The van der Waals surface area contributed by atoms with Crippen molar-refractivity contribution in [2.75, 3.05) is 39.5 Å². The summed E-state index contributed by atoms with van der Waals surface area (Å²) in [5.41, 5.74) is 3.12. The van der Waals surface area contributed by atoms with Gasteiger partial charge in [0.25, 0.3) is 0 Å². The summed E-state index contributed by atoms with van der Waals surface area (Å²) in [5.74, 6) is 45.2. The fourth-order valence-electron chi connectivity index (χ4n) is 9.58. The summed E-state index contributed by atoms with van der Waals surface area (Å²) in [6, 6.07) is 18.8. The highest BCUT2D eigenvalue weighted by Gasteiger charge is 2.08. The number of benzene rings is 2. The predicted octanol–water partition coefficient (Wildman–Crippen LogP) is 17.6. The van der Waals surface area contributed by atoms with Gasteiger partial charge in [0.1, 0.15) is 26.4 Å². The quantitative estimate of drug-likeness (QED) is 0.0290. The van der Waals surface area contributed by atoms with E-state index in [1.54, 1.807) is 0 Å². The molecule has 0 fully saturated rings. The molecule has 0 saturated carbocycles. The Morgan fingerprint density at radius 2 is 0.511 bits per heavy atom. The van der Waals surface area contributed by atoms with Gasteiger partial charge in [-0.2, -0.15) is 0 Å². The lowest BCUT2D eigenvalue weighted by Crippen LogP contribution is -2.25. The Balaban J connectivity index is 1.72. The molecule has 0 radical (unpaired) electrons. The average Bonchev–Trinajstić information content (AvgIpc) is 3.73. The largest absolute Gasteiger partial charge is 0.444 e. The zero-order valence-corrected chi connectivity index (χ0v) is 56.6. The molecule has 500 valence electrons. The highest BCUT2D eigenvalue weighted by molar-refractivity contribution is 5.69. The van der Waals surface area contributed by atoms with Crippen molar-refractivity contribution < 1.29 is 38.1 Å². The van der Waals surface area contributed by atoms with Crippen molar-refractivity contribution in [3.63, 3.8) is 0 Å². The lowest BCUT2D eigenvalue weighted by molar-refractivity contribution is 0.155. The third kappa shape index (κ3) is 48.7. The first-order valence-corrected chi connectivity index (χ1v) is 34.9. The maximum Gasteiger partial charge on any atom is 0.407 e. The third-order valence-electron chi connectivity index (χ3n) is 15.0. The maximum atomic E-state index is 12.9. The Bertz CT molecular complexity index is 2940. The second kappa shape index (κ2) is 59.0. The van der Waals surface area contributed by atoms with Gasteiger partial charge < -0.3 is 40.2 Å². The molecular formula is C82H104N4O8. The van der Waals surface area contributed by atoms with Gasteiger partial charge in [-0.1, -0.05) is 314 Å². The summed E-state index contributed by atoms with van der Waals surface area (Å²) in [4.78, 5) is 51.2. The fraction of sp³-hybridized carbons (Fsp3) is 0.512. The van der Waals surface area contributed by atoms with Crippen LogP contribution in [0.1, 0.15) is 230 Å². The van der Waals surface area contributed by atoms with Crippen LogP contribution in [-0.4, -0.2) is 63.9 Å². The first kappa shape index (κ1) is 79.2. The first-order chi connectivity index (χ1) is 46.3. The van der Waals surface area contributed by atoms with Crippen molar-refractivity contribution in [2.24, 2.45) is 0 Å². The van der Waals surface area contributed by atoms with Crippen LogP contribution < -0.4 is 21.3 Å². The molecule has 0 saturated heterocycles. The van der Waals surface area contributed by atoms with Crippen LogP contribution in [0.4, 0.5) is 19.2 Å². The van der Waals surface area contributed by atoms with Crippen molar-refractivity contribution in [2.45, 2.75) is 232 Å². The first-order valence-electron chi connectivity index (χ1n) is 34.9. The molecule has 94 heavy (non-hydrogen) atoms. The molecule has 0 aromatic heterocycles. The van der Waals surface area contributed by atoms with Crippen LogP contribution in [0.2, 0.25) is 0 Å². The Hall–Kier alpha value is -9.04. The summed E-state index contributed by atoms with van der Waals surface area (Å²) >= 11 is 0. The topological polar surface area (TPSA) is 153 Å². The van der Waals surface area contributed by atoms with E-state index >= 15 is 0 Å². The number of hydrogen-bond donors (Lipinski definition) is 4. The van der Waals surface area contributed by atoms with Crippen molar-refractivity contribution in [1.29, 1.82) is 0 Å². The molecule has 0 aliphatic heterocycles. The molecule has 12 nitrogen and oxygen atoms in total. The molecule has 0 unspecified atom stereocenters. The van der Waals surface area contributed by atoms with Crippen LogP contribution in [-0.2, 0) is 32.0 Å². The third-order valence-corrected chi connectivity index (χ3v) is 15.0. The summed E-state index contributed by atoms with van der Waals surface area (Å²) in [7, 11) is 0. The predicted molar refractivity (Wildman–Crippen MR) is 382 cm³/mol. The Kier molecular flexibility index (Phi) is 49.7. The molecule has 2 aromatic carbocycles. The van der Waals surface area contributed by atoms with E-state index in [4.69, 9.17) is 18.9 Å². The number of amides is 4. The van der Waals surface area contributed by atoms with Crippen LogP contribution in [0.15, 0.2) is 107 Å². The van der Waals surface area contributed by atoms with E-state index in [0.717, 1.165) is 49.7 Å². The molecule has 0 spiro atoms. The number of nitrogens with one attached hydrogen (secondary N) is 4. The molecule has 0 atom stereocenters. The molecule has 4 amide bonds. The van der Waals surface area contributed by atoms with E-state index in [2.05, 4.69) is 130 Å². The highest BCUT2D eigenvalue weighted by atomic mass is 16.6. The van der Waals surface area contributed by atoms with Gasteiger partial charge in [0.05, 0.1) is 0 Å². The van der Waals surface area contributed by atoms with Gasteiger partial charge in [-0.3, -0.25) is 0 Å². The van der Waals surface area contributed by atoms with E-state index in [0.29, 0.717) is 35.4 Å². The minimum Gasteiger partial charge on any atom is -0.444 e. The van der Waals surface area contributed by atoms with Gasteiger partial charge in [-0.15, -0.1) is 0 Å². The van der Waals surface area contributed by atoms with Gasteiger partial charge in [0.15, 0.2) is 0 Å². The van der Waals surface area contributed by atoms with E-state index in [1.807, 2.05) is 60.7 Å². The molecule has 0 bridgehead atoms. The highest BCUT2D eigenvalue weighted by Crippen LogP contribution is 2.16. The van der Waals surface area contributed by atoms with Gasteiger partial charge in [0, 0.05) is 72.8 Å². The van der Waals surface area contributed by atoms with Gasteiger partial charge in [0.2, 0.25) is 0 Å². The molecule has 4 N–H and O–H groups in total. The SMILES string of the molecule is CCCCCCCCCCCCCCCCCCNC(=O)OC/C1=C\C#CC#C/C=C(/COC(=O)NCCCCCCCCCCCCCCCCCC)C#CC#C/C(COC(=O)NCc2ccccc2)=C\C#CC#C/C=C(/COC(=O)NCc2ccccc2)C#CC#C1. The minimum atomic E-state index is -0.662. The smallest absolute Gasteiger partial charge is 0.407 e. The zero-order valence-electron chi connectivity index (χ0n) is 56.6. The number of unbranched alkanes of at least 4 members (excludes halogenated alkanes) is 30. The summed E-state index contributed by atoms with van der Waals surface area (Å²) < 4.78 is 22.1. The maximum absolute atomic E-state index is 12.9. The Labute approximate surface area is 566 Å². The number of ether oxygens (including phenoxy) is 4. The van der Waals surface area contributed by atoms with Gasteiger partial charge >= 0.3 is 24.4 Å². The van der Waals surface area contributed by atoms with Crippen LogP contribution in [0.3, 0.4) is 0 Å². The van der Waals surface area contributed by atoms with E-state index < -0.39 is 24.4 Å². The second-order valence-corrected chi connectivity index (χ2v) is 23.2. The van der Waals surface area contributed by atoms with Crippen LogP contribution in [0.25, 0.3) is 0 Å². The van der Waals surface area contributed by atoms with Gasteiger partial charge in [-0.05, 0) is 71.3 Å². The zero-order chi connectivity index (χ0) is 66.9. The lowest BCUT2D eigenvalue weighted by Gasteiger charge is -2.07. The van der Waals surface area contributed by atoms with Crippen molar-refractivity contribution in [3.8, 4) is 94.7 Å². The van der Waals surface area contributed by atoms with E-state index in [-0.39, 0.29) is 39.5 Å². The molecule has 12 heteroatoms. The number of carbonyl (C=O) groups excluding carboxylic acids is 4. The monoisotopic (exact) mass is 1270 g/mol. The summed E-state index contributed by atoms with van der Waals surface area (Å²) in [6.07, 6.45) is 43.9. The second-order valence-electron chi connectivity index (χ2n) is 23.2. The average molecular weight is 1270 g/mol. The van der Waals surface area contributed by atoms with Crippen LogP contribution >= 0.6 is 0 Å². The number of allylic oxidation sites excluding steroid dienone is 4. The van der Waals surface area contributed by atoms with Gasteiger partial charge in [-0.25, -0.2) is 19.2 Å². The van der Waals surface area contributed by atoms with Crippen molar-refractivity contribution in [3.05, 3.63) is 118 Å². The fourth-order valence-corrected chi connectivity index (χ4v) is 9.58. The Morgan fingerprint density at radius 1 is 0.287 bits per heavy atom. The summed E-state index contributed by atoms with van der Waals surface area (Å²) in [6.45, 7) is 5.18. The van der Waals surface area contributed by atoms with E-state index in [9.17, 15) is 19.2 Å². The standard InChI is InChI=1S/C82H104N4O8/c1-3-5-7-9-11-13-15-17-19-21-23-25-27-29-35-51-65-83-79(87)91-69-75-57-39-31-32-40-58-76(70-92-80(88)84-66-52-36-30-28-26-24-22-20-18-16-14-12-10-8-6-4-2)62-48-50-64-78(72-94-82(90)86-68-74-55-45-38-46-56-74)60-42-34-33-41-59-77(63-49-47-61-75)71-93-81(89)85-67-73-53-43-37-44-54-73/h37-38,43-46,53-60H,3-30,35-36,51-52,65-72H2,1-2H3,(H,83,87)(H,84,88)(H,85,89)(H,86,90)/b75-57-,76-58+,77-59+,78-60+. The lowest BCUT2D eigenvalue weighted by atomic mass is 10.0. The van der Waals surface area contributed by atoms with Crippen LogP contribution in [0.5, 0.6) is 0 Å². The molecule has 0 heterocycles. The molecule has 3 rings (SSSR count).